The van der Waals surface area contributed by atoms with Gasteiger partial charge in [-0.25, -0.2) is 0 Å². The average Bonchev–Trinajstić information content (AvgIpc) is 2.76. The van der Waals surface area contributed by atoms with Crippen LogP contribution < -0.4 is 0 Å². The summed E-state index contributed by atoms with van der Waals surface area (Å²) in [5.41, 5.74) is 0.774. The number of carbonyl (C=O) groups is 1. The summed E-state index contributed by atoms with van der Waals surface area (Å²) in [5.74, 6) is 0.144. The van der Waals surface area contributed by atoms with Crippen LogP contribution in [0.3, 0.4) is 0 Å². The molecule has 172 valence electrons. The molecule has 0 spiro atoms. The third-order valence-corrected chi connectivity index (χ3v) is 6.75. The fourth-order valence-electron chi connectivity index (χ4n) is 4.06. The average molecular weight is 481 g/mol. The van der Waals surface area contributed by atoms with Crippen molar-refractivity contribution in [1.29, 1.82) is 0 Å². The maximum absolute atomic E-state index is 12.7. The quantitative estimate of drug-likeness (QED) is 0.181. The molecule has 30 heavy (non-hydrogen) atoms. The summed E-state index contributed by atoms with van der Waals surface area (Å²) in [7, 11) is 0. The van der Waals surface area contributed by atoms with Gasteiger partial charge in [-0.05, 0) is 41.4 Å². The number of nitrogens with zero attached hydrogens (tertiary/aromatic N) is 1. The van der Waals surface area contributed by atoms with Gasteiger partial charge in [-0.2, -0.15) is 0 Å². The Bertz CT molecular complexity index is 545. The Kier molecular flexibility index (Phi) is 17.1. The summed E-state index contributed by atoms with van der Waals surface area (Å²) >= 11 is 3.50. The Balaban J connectivity index is 1.94. The third-order valence-electron chi connectivity index (χ3n) is 6.05. The number of hydrogen-bond donors (Lipinski definition) is 0. The number of rotatable bonds is 19. The van der Waals surface area contributed by atoms with E-state index < -0.39 is 0 Å². The van der Waals surface area contributed by atoms with Crippen molar-refractivity contribution in [1.82, 2.24) is 4.90 Å². The predicted molar refractivity (Wildman–Crippen MR) is 135 cm³/mol. The molecule has 0 saturated heterocycles. The predicted octanol–water partition coefficient (Wildman–Crippen LogP) is 9.17. The molecule has 0 heterocycles. The Hall–Kier alpha value is -0.830. The van der Waals surface area contributed by atoms with Crippen LogP contribution in [0.15, 0.2) is 28.7 Å². The molecule has 0 N–H and O–H groups in total. The van der Waals surface area contributed by atoms with Crippen LogP contribution in [0.25, 0.3) is 0 Å². The van der Waals surface area contributed by atoms with Crippen molar-refractivity contribution in [3.05, 3.63) is 34.3 Å². The zero-order valence-corrected chi connectivity index (χ0v) is 21.4. The van der Waals surface area contributed by atoms with Gasteiger partial charge in [0.2, 0.25) is 0 Å². The van der Waals surface area contributed by atoms with E-state index in [-0.39, 0.29) is 5.91 Å². The largest absolute Gasteiger partial charge is 0.339 e. The van der Waals surface area contributed by atoms with Crippen LogP contribution in [0.4, 0.5) is 0 Å². The highest BCUT2D eigenvalue weighted by Crippen LogP contribution is 2.18. The van der Waals surface area contributed by atoms with Gasteiger partial charge in [-0.3, -0.25) is 4.79 Å². The highest BCUT2D eigenvalue weighted by atomic mass is 79.9. The summed E-state index contributed by atoms with van der Waals surface area (Å²) in [6.07, 6.45) is 22.1. The van der Waals surface area contributed by atoms with E-state index in [2.05, 4.69) is 29.8 Å². The fourth-order valence-corrected chi connectivity index (χ4v) is 4.51. The van der Waals surface area contributed by atoms with Crippen molar-refractivity contribution in [3.8, 4) is 0 Å². The van der Waals surface area contributed by atoms with Gasteiger partial charge < -0.3 is 4.90 Å². The zero-order chi connectivity index (χ0) is 21.9. The molecule has 1 aromatic carbocycles. The van der Waals surface area contributed by atoms with Gasteiger partial charge >= 0.3 is 0 Å². The maximum Gasteiger partial charge on any atom is 0.254 e. The Labute approximate surface area is 195 Å². The summed E-state index contributed by atoms with van der Waals surface area (Å²) in [6.45, 7) is 6.00. The highest BCUT2D eigenvalue weighted by molar-refractivity contribution is 9.10. The number of carbonyl (C=O) groups excluding carboxylic acids is 1. The molecule has 2 nitrogen and oxygen atoms in total. The van der Waals surface area contributed by atoms with Crippen LogP contribution in [-0.4, -0.2) is 23.9 Å². The lowest BCUT2D eigenvalue weighted by atomic mass is 10.0. The van der Waals surface area contributed by atoms with Crippen LogP contribution in [0.5, 0.6) is 0 Å². The van der Waals surface area contributed by atoms with Crippen molar-refractivity contribution in [2.75, 3.05) is 13.1 Å². The number of unbranched alkanes of at least 4 members (excludes halogenated alkanes) is 15. The number of halogens is 1. The minimum absolute atomic E-state index is 0.144. The van der Waals surface area contributed by atoms with E-state index in [0.29, 0.717) is 0 Å². The lowest BCUT2D eigenvalue weighted by Crippen LogP contribution is -2.32. The van der Waals surface area contributed by atoms with Crippen LogP contribution in [-0.2, 0) is 0 Å². The number of hydrogen-bond acceptors (Lipinski definition) is 1. The van der Waals surface area contributed by atoms with Crippen molar-refractivity contribution in [3.63, 3.8) is 0 Å². The standard InChI is InChI=1S/C27H46BrNO/c1-3-5-6-7-8-9-10-11-12-13-14-15-16-17-18-21-24-29(4-2)27(30)25-22-19-20-23-26(25)28/h19-20,22-23H,3-18,21,24H2,1-2H3. The van der Waals surface area contributed by atoms with E-state index in [1.807, 2.05) is 29.2 Å². The molecule has 0 aliphatic rings. The summed E-state index contributed by atoms with van der Waals surface area (Å²) < 4.78 is 0.889. The first-order valence-corrected chi connectivity index (χ1v) is 13.5. The van der Waals surface area contributed by atoms with Crippen LogP contribution >= 0.6 is 15.9 Å². The Morgan fingerprint density at radius 1 is 0.700 bits per heavy atom. The molecule has 0 saturated carbocycles. The second kappa shape index (κ2) is 18.9. The van der Waals surface area contributed by atoms with Gasteiger partial charge in [-0.15, -0.1) is 0 Å². The maximum atomic E-state index is 12.7. The first kappa shape index (κ1) is 27.2. The molecule has 0 bridgehead atoms. The van der Waals surface area contributed by atoms with Crippen LogP contribution in [0.2, 0.25) is 0 Å². The molecule has 0 fully saturated rings. The van der Waals surface area contributed by atoms with Crippen molar-refractivity contribution in [2.24, 2.45) is 0 Å². The van der Waals surface area contributed by atoms with Gasteiger partial charge in [0.25, 0.3) is 5.91 Å². The first-order chi connectivity index (χ1) is 14.7. The second-order valence-electron chi connectivity index (χ2n) is 8.67. The van der Waals surface area contributed by atoms with Gasteiger partial charge in [0, 0.05) is 17.6 Å². The number of benzene rings is 1. The SMILES string of the molecule is CCCCCCCCCCCCCCCCCCN(CC)C(=O)c1ccccc1Br. The van der Waals surface area contributed by atoms with E-state index in [4.69, 9.17) is 0 Å². The fraction of sp³-hybridized carbons (Fsp3) is 0.741. The summed E-state index contributed by atoms with van der Waals surface area (Å²) in [5, 5.41) is 0. The van der Waals surface area contributed by atoms with Gasteiger partial charge in [0.05, 0.1) is 5.56 Å². The highest BCUT2D eigenvalue weighted by Gasteiger charge is 2.15. The van der Waals surface area contributed by atoms with Gasteiger partial charge in [0.15, 0.2) is 0 Å². The molecule has 0 aliphatic carbocycles. The van der Waals surface area contributed by atoms with Gasteiger partial charge in [0.1, 0.15) is 0 Å². The van der Waals surface area contributed by atoms with Gasteiger partial charge in [-0.1, -0.05) is 115 Å². The molecule has 0 aromatic heterocycles. The molecule has 0 radical (unpaired) electrons. The van der Waals surface area contributed by atoms with Crippen LogP contribution in [0, 0.1) is 0 Å². The third kappa shape index (κ3) is 12.8. The van der Waals surface area contributed by atoms with Crippen molar-refractivity contribution < 1.29 is 4.79 Å². The first-order valence-electron chi connectivity index (χ1n) is 12.7. The van der Waals surface area contributed by atoms with Crippen molar-refractivity contribution in [2.45, 2.75) is 117 Å². The molecule has 3 heteroatoms. The lowest BCUT2D eigenvalue weighted by molar-refractivity contribution is 0.0760. The van der Waals surface area contributed by atoms with E-state index in [1.54, 1.807) is 0 Å². The van der Waals surface area contributed by atoms with E-state index in [9.17, 15) is 4.79 Å². The van der Waals surface area contributed by atoms with E-state index >= 15 is 0 Å². The van der Waals surface area contributed by atoms with E-state index in [1.165, 1.54) is 96.3 Å². The molecule has 1 aromatic rings. The molecule has 0 aliphatic heterocycles. The van der Waals surface area contributed by atoms with Crippen molar-refractivity contribution >= 4 is 21.8 Å². The molecular weight excluding hydrogens is 434 g/mol. The van der Waals surface area contributed by atoms with Crippen LogP contribution in [0.1, 0.15) is 127 Å². The monoisotopic (exact) mass is 479 g/mol. The minimum atomic E-state index is 0.144. The summed E-state index contributed by atoms with van der Waals surface area (Å²) in [6, 6.07) is 7.73. The topological polar surface area (TPSA) is 20.3 Å². The Morgan fingerprint density at radius 2 is 1.13 bits per heavy atom. The second-order valence-corrected chi connectivity index (χ2v) is 9.52. The summed E-state index contributed by atoms with van der Waals surface area (Å²) in [4.78, 5) is 14.7. The normalized spacial score (nSPS) is 11.0. The zero-order valence-electron chi connectivity index (χ0n) is 19.8. The Morgan fingerprint density at radius 3 is 1.57 bits per heavy atom. The molecule has 0 atom stereocenters. The lowest BCUT2D eigenvalue weighted by Gasteiger charge is -2.21. The molecule has 1 amide bonds. The smallest absolute Gasteiger partial charge is 0.254 e. The minimum Gasteiger partial charge on any atom is -0.339 e. The number of amides is 1. The molecule has 0 unspecified atom stereocenters. The molecular formula is C27H46BrNO. The molecule has 1 rings (SSSR count). The van der Waals surface area contributed by atoms with E-state index in [0.717, 1.165) is 29.5 Å².